The summed E-state index contributed by atoms with van der Waals surface area (Å²) < 4.78 is 4.65. The lowest BCUT2D eigenvalue weighted by Crippen LogP contribution is -1.98. The van der Waals surface area contributed by atoms with Crippen molar-refractivity contribution >= 4 is 28.9 Å². The minimum absolute atomic E-state index is 0.196. The van der Waals surface area contributed by atoms with Crippen LogP contribution < -0.4 is 0 Å². The Morgan fingerprint density at radius 1 is 1.39 bits per heavy atom. The molecular formula is C13H12ClNO2S. The number of carbonyl (C=O) groups is 1. The van der Waals surface area contributed by atoms with Crippen LogP contribution in [0.2, 0.25) is 5.15 Å². The van der Waals surface area contributed by atoms with Crippen molar-refractivity contribution in [1.29, 1.82) is 0 Å². The first kappa shape index (κ1) is 13.1. The Morgan fingerprint density at radius 2 is 2.06 bits per heavy atom. The van der Waals surface area contributed by atoms with E-state index in [9.17, 15) is 4.79 Å². The molecule has 0 atom stereocenters. The Labute approximate surface area is 114 Å². The quantitative estimate of drug-likeness (QED) is 0.803. The Kier molecular flexibility index (Phi) is 3.99. The van der Waals surface area contributed by atoms with Crippen molar-refractivity contribution in [2.24, 2.45) is 0 Å². The Bertz CT molecular complexity index is 563. The molecule has 0 fully saturated rings. The molecule has 0 saturated heterocycles. The van der Waals surface area contributed by atoms with E-state index in [1.807, 2.05) is 24.3 Å². The number of methoxy groups -OCH3 is 1. The van der Waals surface area contributed by atoms with E-state index in [1.54, 1.807) is 0 Å². The van der Waals surface area contributed by atoms with Crippen LogP contribution in [0.1, 0.15) is 22.2 Å². The van der Waals surface area contributed by atoms with E-state index >= 15 is 0 Å². The Morgan fingerprint density at radius 3 is 2.61 bits per heavy atom. The molecule has 0 radical (unpaired) electrons. The molecule has 0 N–H and O–H groups in total. The topological polar surface area (TPSA) is 39.2 Å². The monoisotopic (exact) mass is 281 g/mol. The fourth-order valence-corrected chi connectivity index (χ4v) is 2.73. The van der Waals surface area contributed by atoms with E-state index in [0.717, 1.165) is 17.0 Å². The summed E-state index contributed by atoms with van der Waals surface area (Å²) in [4.78, 5) is 16.0. The van der Waals surface area contributed by atoms with Crippen LogP contribution >= 0.6 is 22.9 Å². The van der Waals surface area contributed by atoms with Gasteiger partial charge >= 0.3 is 5.97 Å². The van der Waals surface area contributed by atoms with Crippen molar-refractivity contribution < 1.29 is 9.53 Å². The standard InChI is InChI=1S/C13H12ClNO2S/c1-3-8-4-6-9(7-5-8)12-15-11(14)10(18-12)13(16)17-2/h4-7H,3H2,1-2H3. The molecule has 2 aromatic rings. The number of aromatic nitrogens is 1. The molecule has 0 aliphatic carbocycles. The number of carbonyl (C=O) groups excluding carboxylic acids is 1. The second-order valence-electron chi connectivity index (χ2n) is 3.68. The van der Waals surface area contributed by atoms with Gasteiger partial charge in [0.25, 0.3) is 0 Å². The smallest absolute Gasteiger partial charge is 0.351 e. The molecule has 0 saturated carbocycles. The van der Waals surface area contributed by atoms with Crippen LogP contribution in [0.15, 0.2) is 24.3 Å². The van der Waals surface area contributed by atoms with E-state index in [4.69, 9.17) is 11.6 Å². The highest BCUT2D eigenvalue weighted by Crippen LogP contribution is 2.31. The second kappa shape index (κ2) is 5.50. The van der Waals surface area contributed by atoms with Gasteiger partial charge in [-0.25, -0.2) is 9.78 Å². The fraction of sp³-hybridized carbons (Fsp3) is 0.231. The van der Waals surface area contributed by atoms with Gasteiger partial charge in [0.15, 0.2) is 10.0 Å². The van der Waals surface area contributed by atoms with Crippen molar-refractivity contribution in [2.75, 3.05) is 7.11 Å². The fourth-order valence-electron chi connectivity index (χ4n) is 1.53. The average Bonchev–Trinajstić information content (AvgIpc) is 2.80. The number of benzene rings is 1. The van der Waals surface area contributed by atoms with E-state index in [-0.39, 0.29) is 5.15 Å². The highest BCUT2D eigenvalue weighted by atomic mass is 35.5. The van der Waals surface area contributed by atoms with Gasteiger partial charge in [0.1, 0.15) is 5.01 Å². The zero-order valence-electron chi connectivity index (χ0n) is 10.1. The maximum Gasteiger partial charge on any atom is 0.351 e. The molecule has 0 aliphatic rings. The molecule has 0 unspecified atom stereocenters. The lowest BCUT2D eigenvalue weighted by atomic mass is 10.1. The van der Waals surface area contributed by atoms with Gasteiger partial charge in [0.2, 0.25) is 0 Å². The molecule has 18 heavy (non-hydrogen) atoms. The molecule has 1 aromatic carbocycles. The van der Waals surface area contributed by atoms with Gasteiger partial charge in [0.05, 0.1) is 7.11 Å². The molecule has 5 heteroatoms. The predicted molar refractivity (Wildman–Crippen MR) is 73.3 cm³/mol. The summed E-state index contributed by atoms with van der Waals surface area (Å²) in [6, 6.07) is 8.05. The number of hydrogen-bond acceptors (Lipinski definition) is 4. The molecule has 0 bridgehead atoms. The minimum atomic E-state index is -0.450. The van der Waals surface area contributed by atoms with Crippen LogP contribution in [0.25, 0.3) is 10.6 Å². The molecular weight excluding hydrogens is 270 g/mol. The second-order valence-corrected chi connectivity index (χ2v) is 5.04. The first-order chi connectivity index (χ1) is 8.65. The number of rotatable bonds is 3. The van der Waals surface area contributed by atoms with Crippen LogP contribution in [0.4, 0.5) is 0 Å². The lowest BCUT2D eigenvalue weighted by molar-refractivity contribution is 0.0606. The zero-order chi connectivity index (χ0) is 13.1. The molecule has 0 spiro atoms. The maximum absolute atomic E-state index is 11.4. The van der Waals surface area contributed by atoms with E-state index in [1.165, 1.54) is 24.0 Å². The van der Waals surface area contributed by atoms with Gasteiger partial charge in [-0.1, -0.05) is 42.8 Å². The van der Waals surface area contributed by atoms with Crippen LogP contribution in [0, 0.1) is 0 Å². The van der Waals surface area contributed by atoms with Crippen LogP contribution in [-0.4, -0.2) is 18.1 Å². The highest BCUT2D eigenvalue weighted by Gasteiger charge is 2.17. The molecule has 0 amide bonds. The first-order valence-electron chi connectivity index (χ1n) is 5.49. The number of halogens is 1. The highest BCUT2D eigenvalue weighted by molar-refractivity contribution is 7.17. The third kappa shape index (κ3) is 2.54. The molecule has 1 aromatic heterocycles. The third-order valence-electron chi connectivity index (χ3n) is 2.57. The summed E-state index contributed by atoms with van der Waals surface area (Å²) in [6.07, 6.45) is 0.992. The summed E-state index contributed by atoms with van der Waals surface area (Å²) in [5.41, 5.74) is 2.21. The first-order valence-corrected chi connectivity index (χ1v) is 6.69. The Balaban J connectivity index is 2.36. The van der Waals surface area contributed by atoms with E-state index < -0.39 is 5.97 Å². The van der Waals surface area contributed by atoms with Crippen molar-refractivity contribution in [3.63, 3.8) is 0 Å². The number of esters is 1. The normalized spacial score (nSPS) is 10.4. The van der Waals surface area contributed by atoms with E-state index in [2.05, 4.69) is 16.6 Å². The maximum atomic E-state index is 11.4. The number of ether oxygens (including phenoxy) is 1. The van der Waals surface area contributed by atoms with Gasteiger partial charge in [-0.2, -0.15) is 0 Å². The van der Waals surface area contributed by atoms with E-state index in [0.29, 0.717) is 4.88 Å². The molecule has 2 rings (SSSR count). The average molecular weight is 282 g/mol. The Hall–Kier alpha value is -1.39. The van der Waals surface area contributed by atoms with Gasteiger partial charge < -0.3 is 4.74 Å². The van der Waals surface area contributed by atoms with Gasteiger partial charge in [0, 0.05) is 5.56 Å². The molecule has 3 nitrogen and oxygen atoms in total. The zero-order valence-corrected chi connectivity index (χ0v) is 11.6. The number of thiazole rings is 1. The number of hydrogen-bond donors (Lipinski definition) is 0. The van der Waals surface area contributed by atoms with Gasteiger partial charge in [-0.3, -0.25) is 0 Å². The summed E-state index contributed by atoms with van der Waals surface area (Å²) in [7, 11) is 1.33. The van der Waals surface area contributed by atoms with Crippen molar-refractivity contribution in [2.45, 2.75) is 13.3 Å². The molecule has 1 heterocycles. The number of nitrogens with zero attached hydrogens (tertiary/aromatic N) is 1. The summed E-state index contributed by atoms with van der Waals surface area (Å²) in [5.74, 6) is -0.450. The van der Waals surface area contributed by atoms with Crippen molar-refractivity contribution in [3.05, 3.63) is 39.9 Å². The third-order valence-corrected chi connectivity index (χ3v) is 4.04. The lowest BCUT2D eigenvalue weighted by Gasteiger charge is -1.98. The summed E-state index contributed by atoms with van der Waals surface area (Å²) in [5, 5.41) is 0.921. The molecule has 0 aliphatic heterocycles. The van der Waals surface area contributed by atoms with Gasteiger partial charge in [-0.05, 0) is 12.0 Å². The minimum Gasteiger partial charge on any atom is -0.465 e. The number of aryl methyl sites for hydroxylation is 1. The van der Waals surface area contributed by atoms with Crippen molar-refractivity contribution in [3.8, 4) is 10.6 Å². The largest absolute Gasteiger partial charge is 0.465 e. The van der Waals surface area contributed by atoms with Crippen LogP contribution in [-0.2, 0) is 11.2 Å². The van der Waals surface area contributed by atoms with Crippen LogP contribution in [0.3, 0.4) is 0 Å². The SMILES string of the molecule is CCc1ccc(-c2nc(Cl)c(C(=O)OC)s2)cc1. The van der Waals surface area contributed by atoms with Crippen LogP contribution in [0.5, 0.6) is 0 Å². The predicted octanol–water partition coefficient (Wildman–Crippen LogP) is 3.81. The van der Waals surface area contributed by atoms with Gasteiger partial charge in [-0.15, -0.1) is 11.3 Å². The molecule has 94 valence electrons. The van der Waals surface area contributed by atoms with Crippen molar-refractivity contribution in [1.82, 2.24) is 4.98 Å². The summed E-state index contributed by atoms with van der Waals surface area (Å²) >= 11 is 7.17. The summed E-state index contributed by atoms with van der Waals surface area (Å²) in [6.45, 7) is 2.10.